The molecule has 0 spiro atoms. The smallest absolute Gasteiger partial charge is 0.191 e. The summed E-state index contributed by atoms with van der Waals surface area (Å²) in [6.07, 6.45) is 1.74. The van der Waals surface area contributed by atoms with E-state index in [0.717, 1.165) is 38.5 Å². The number of guanidine groups is 1. The fourth-order valence-electron chi connectivity index (χ4n) is 3.10. The minimum Gasteiger partial charge on any atom is -0.396 e. The van der Waals surface area contributed by atoms with Gasteiger partial charge in [-0.3, -0.25) is 4.99 Å². The highest BCUT2D eigenvalue weighted by Crippen LogP contribution is 2.31. The van der Waals surface area contributed by atoms with Gasteiger partial charge >= 0.3 is 0 Å². The van der Waals surface area contributed by atoms with E-state index in [1.54, 1.807) is 7.05 Å². The molecule has 1 unspecified atom stereocenters. The lowest BCUT2D eigenvalue weighted by atomic mass is 9.84. The van der Waals surface area contributed by atoms with Gasteiger partial charge in [-0.05, 0) is 18.4 Å². The van der Waals surface area contributed by atoms with Crippen molar-refractivity contribution in [1.82, 2.24) is 10.6 Å². The zero-order valence-corrected chi connectivity index (χ0v) is 15.1. The maximum Gasteiger partial charge on any atom is 0.191 e. The van der Waals surface area contributed by atoms with Gasteiger partial charge in [-0.25, -0.2) is 0 Å². The number of aliphatic hydroxyl groups excluding tert-OH is 1. The molecule has 134 valence electrons. The normalized spacial score (nSPS) is 21.8. The molecule has 1 aliphatic heterocycles. The van der Waals surface area contributed by atoms with Gasteiger partial charge in [0.15, 0.2) is 5.96 Å². The Morgan fingerprint density at radius 2 is 2.04 bits per heavy atom. The lowest BCUT2D eigenvalue weighted by molar-refractivity contribution is 0.127. The number of aliphatic imine (C=N–C) groups is 1. The first-order valence-electron chi connectivity index (χ1n) is 8.70. The van der Waals surface area contributed by atoms with Crippen LogP contribution in [0.25, 0.3) is 0 Å². The van der Waals surface area contributed by atoms with Crippen molar-refractivity contribution in [3.63, 3.8) is 0 Å². The number of aliphatic hydroxyl groups is 1. The first-order chi connectivity index (χ1) is 11.5. The molecule has 24 heavy (non-hydrogen) atoms. The van der Waals surface area contributed by atoms with Gasteiger partial charge in [0, 0.05) is 44.2 Å². The summed E-state index contributed by atoms with van der Waals surface area (Å²) in [5.41, 5.74) is 1.33. The van der Waals surface area contributed by atoms with E-state index in [2.05, 4.69) is 53.7 Å². The Kier molecular flexibility index (Phi) is 6.63. The van der Waals surface area contributed by atoms with E-state index >= 15 is 0 Å². The van der Waals surface area contributed by atoms with Crippen molar-refractivity contribution in [2.45, 2.75) is 32.1 Å². The second-order valence-electron chi connectivity index (χ2n) is 7.31. The number of rotatable bonds is 7. The van der Waals surface area contributed by atoms with Crippen LogP contribution in [0.15, 0.2) is 35.3 Å². The highest BCUT2D eigenvalue weighted by Gasteiger charge is 2.34. The second kappa shape index (κ2) is 8.49. The van der Waals surface area contributed by atoms with Gasteiger partial charge in [-0.15, -0.1) is 0 Å². The Morgan fingerprint density at radius 1 is 1.29 bits per heavy atom. The van der Waals surface area contributed by atoms with Crippen molar-refractivity contribution in [3.8, 4) is 0 Å². The second-order valence-corrected chi connectivity index (χ2v) is 7.31. The van der Waals surface area contributed by atoms with Gasteiger partial charge in [0.05, 0.1) is 6.61 Å². The molecule has 2 rings (SSSR count). The molecule has 1 aromatic rings. The average molecular weight is 333 g/mol. The van der Waals surface area contributed by atoms with Crippen LogP contribution in [-0.2, 0) is 10.2 Å². The van der Waals surface area contributed by atoms with Crippen LogP contribution in [0.1, 0.15) is 32.3 Å². The molecule has 5 heteroatoms. The summed E-state index contributed by atoms with van der Waals surface area (Å²) in [6, 6.07) is 10.5. The molecule has 0 bridgehead atoms. The standard InChI is InChI=1S/C19H31N3O2/c1-18(2,16-7-5-4-6-8-16)13-21-17(20-3)22-14-19(9-11-23)10-12-24-15-19/h4-8,23H,9-15H2,1-3H3,(H2,20,21,22). The van der Waals surface area contributed by atoms with Crippen LogP contribution in [0, 0.1) is 5.41 Å². The Morgan fingerprint density at radius 3 is 2.62 bits per heavy atom. The molecule has 0 amide bonds. The lowest BCUT2D eigenvalue weighted by Gasteiger charge is -2.30. The number of ether oxygens (including phenoxy) is 1. The molecule has 0 radical (unpaired) electrons. The third-order valence-corrected chi connectivity index (χ3v) is 4.93. The zero-order valence-electron chi connectivity index (χ0n) is 15.1. The Labute approximate surface area is 145 Å². The van der Waals surface area contributed by atoms with Gasteiger partial charge in [0.1, 0.15) is 0 Å². The van der Waals surface area contributed by atoms with Gasteiger partial charge in [-0.2, -0.15) is 0 Å². The molecule has 5 nitrogen and oxygen atoms in total. The van der Waals surface area contributed by atoms with Gasteiger partial charge in [0.2, 0.25) is 0 Å². The fraction of sp³-hybridized carbons (Fsp3) is 0.632. The zero-order chi connectivity index (χ0) is 17.5. The van der Waals surface area contributed by atoms with Crippen LogP contribution in [0.5, 0.6) is 0 Å². The molecule has 0 aliphatic carbocycles. The highest BCUT2D eigenvalue weighted by atomic mass is 16.5. The van der Waals surface area contributed by atoms with Crippen molar-refractivity contribution >= 4 is 5.96 Å². The number of nitrogens with one attached hydrogen (secondary N) is 2. The van der Waals surface area contributed by atoms with Crippen LogP contribution in [0.3, 0.4) is 0 Å². The summed E-state index contributed by atoms with van der Waals surface area (Å²) in [5, 5.41) is 16.2. The molecule has 1 aliphatic rings. The minimum atomic E-state index is 0.0120. The van der Waals surface area contributed by atoms with E-state index in [4.69, 9.17) is 4.74 Å². The Balaban J connectivity index is 1.88. The van der Waals surface area contributed by atoms with Crippen LogP contribution < -0.4 is 10.6 Å². The summed E-state index contributed by atoms with van der Waals surface area (Å²) in [4.78, 5) is 4.33. The molecule has 1 aromatic carbocycles. The van der Waals surface area contributed by atoms with Crippen molar-refractivity contribution in [3.05, 3.63) is 35.9 Å². The van der Waals surface area contributed by atoms with Crippen molar-refractivity contribution < 1.29 is 9.84 Å². The molecule has 1 atom stereocenters. The van der Waals surface area contributed by atoms with E-state index in [9.17, 15) is 5.11 Å². The van der Waals surface area contributed by atoms with Crippen LogP contribution >= 0.6 is 0 Å². The summed E-state index contributed by atoms with van der Waals surface area (Å²) in [5.74, 6) is 0.795. The quantitative estimate of drug-likeness (QED) is 0.527. The number of nitrogens with zero attached hydrogens (tertiary/aromatic N) is 1. The van der Waals surface area contributed by atoms with Gasteiger partial charge < -0.3 is 20.5 Å². The largest absolute Gasteiger partial charge is 0.396 e. The summed E-state index contributed by atoms with van der Waals surface area (Å²) < 4.78 is 5.54. The number of hydrogen-bond donors (Lipinski definition) is 3. The fourth-order valence-corrected chi connectivity index (χ4v) is 3.10. The predicted octanol–water partition coefficient (Wildman–Crippen LogP) is 1.92. The third kappa shape index (κ3) is 4.95. The van der Waals surface area contributed by atoms with Crippen LogP contribution in [0.2, 0.25) is 0 Å². The lowest BCUT2D eigenvalue weighted by Crippen LogP contribution is -2.47. The first-order valence-corrected chi connectivity index (χ1v) is 8.70. The minimum absolute atomic E-state index is 0.0120. The number of hydrogen-bond acceptors (Lipinski definition) is 3. The van der Waals surface area contributed by atoms with E-state index in [0.29, 0.717) is 6.61 Å². The molecule has 0 saturated carbocycles. The Bertz CT molecular complexity index is 523. The van der Waals surface area contributed by atoms with Crippen LogP contribution in [0.4, 0.5) is 0 Å². The topological polar surface area (TPSA) is 65.9 Å². The molecule has 1 fully saturated rings. The van der Waals surface area contributed by atoms with Crippen molar-refractivity contribution in [1.29, 1.82) is 0 Å². The predicted molar refractivity (Wildman–Crippen MR) is 98.4 cm³/mol. The SMILES string of the molecule is CN=C(NCC1(CCO)CCOC1)NCC(C)(C)c1ccccc1. The van der Waals surface area contributed by atoms with E-state index in [1.807, 2.05) is 6.07 Å². The summed E-state index contributed by atoms with van der Waals surface area (Å²) in [7, 11) is 1.79. The molecule has 3 N–H and O–H groups in total. The first kappa shape index (κ1) is 18.7. The van der Waals surface area contributed by atoms with Gasteiger partial charge in [0.25, 0.3) is 0 Å². The molecule has 0 aromatic heterocycles. The molecule has 1 heterocycles. The van der Waals surface area contributed by atoms with Crippen molar-refractivity contribution in [2.24, 2.45) is 10.4 Å². The number of benzene rings is 1. The van der Waals surface area contributed by atoms with E-state index in [1.165, 1.54) is 5.56 Å². The highest BCUT2D eigenvalue weighted by molar-refractivity contribution is 5.79. The van der Waals surface area contributed by atoms with Crippen molar-refractivity contribution in [2.75, 3.05) is 40.0 Å². The average Bonchev–Trinajstić information content (AvgIpc) is 3.05. The molecular formula is C19H31N3O2. The van der Waals surface area contributed by atoms with E-state index < -0.39 is 0 Å². The monoisotopic (exact) mass is 333 g/mol. The van der Waals surface area contributed by atoms with E-state index in [-0.39, 0.29) is 17.4 Å². The third-order valence-electron chi connectivity index (χ3n) is 4.93. The molecule has 1 saturated heterocycles. The maximum atomic E-state index is 9.32. The Hall–Kier alpha value is -1.59. The van der Waals surface area contributed by atoms with Gasteiger partial charge in [-0.1, -0.05) is 44.2 Å². The maximum absolute atomic E-state index is 9.32. The van der Waals surface area contributed by atoms with Crippen LogP contribution in [-0.4, -0.2) is 51.0 Å². The molecular weight excluding hydrogens is 302 g/mol. The summed E-state index contributed by atoms with van der Waals surface area (Å²) in [6.45, 7) is 7.67. The summed E-state index contributed by atoms with van der Waals surface area (Å²) >= 11 is 0.